The summed E-state index contributed by atoms with van der Waals surface area (Å²) in [5.41, 5.74) is 1.45. The first-order chi connectivity index (χ1) is 10.7. The van der Waals surface area contributed by atoms with Crippen molar-refractivity contribution in [3.63, 3.8) is 0 Å². The molecule has 1 aliphatic heterocycles. The van der Waals surface area contributed by atoms with Gasteiger partial charge in [-0.25, -0.2) is 0 Å². The Morgan fingerprint density at radius 1 is 1.41 bits per heavy atom. The average molecular weight is 300 g/mol. The zero-order valence-corrected chi connectivity index (χ0v) is 12.7. The molecule has 1 aromatic carbocycles. The van der Waals surface area contributed by atoms with Crippen LogP contribution in [0.2, 0.25) is 0 Å². The Balaban J connectivity index is 2.14. The molecule has 1 aliphatic rings. The van der Waals surface area contributed by atoms with Gasteiger partial charge in [0.2, 0.25) is 0 Å². The molecule has 0 aliphatic carbocycles. The van der Waals surface area contributed by atoms with E-state index in [0.29, 0.717) is 25.3 Å². The summed E-state index contributed by atoms with van der Waals surface area (Å²) in [7, 11) is 0. The molecule has 22 heavy (non-hydrogen) atoms. The number of nitriles is 1. The van der Waals surface area contributed by atoms with Crippen LogP contribution in [0.1, 0.15) is 18.6 Å². The molecular weight excluding hydrogens is 280 g/mol. The van der Waals surface area contributed by atoms with Gasteiger partial charge in [0, 0.05) is 32.1 Å². The summed E-state index contributed by atoms with van der Waals surface area (Å²) < 4.78 is 10.7. The van der Waals surface area contributed by atoms with Crippen molar-refractivity contribution >= 4 is 5.97 Å². The van der Waals surface area contributed by atoms with E-state index >= 15 is 0 Å². The summed E-state index contributed by atoms with van der Waals surface area (Å²) in [6, 6.07) is 11.6. The minimum Gasteiger partial charge on any atom is -0.453 e. The highest BCUT2D eigenvalue weighted by Crippen LogP contribution is 2.21. The van der Waals surface area contributed by atoms with Crippen molar-refractivity contribution < 1.29 is 14.3 Å². The molecule has 0 spiro atoms. The summed E-state index contributed by atoms with van der Waals surface area (Å²) in [6.45, 7) is 4.91. The molecule has 5 heteroatoms. The average Bonchev–Trinajstić information content (AvgIpc) is 2.55. The van der Waals surface area contributed by atoms with Crippen LogP contribution in [-0.2, 0) is 14.3 Å². The van der Waals surface area contributed by atoms with E-state index in [4.69, 9.17) is 9.47 Å². The lowest BCUT2D eigenvalue weighted by Gasteiger charge is -2.26. The zero-order chi connectivity index (χ0) is 15.8. The van der Waals surface area contributed by atoms with Crippen molar-refractivity contribution in [1.29, 1.82) is 5.26 Å². The predicted octanol–water partition coefficient (Wildman–Crippen LogP) is 2.07. The minimum atomic E-state index is -0.533. The lowest BCUT2D eigenvalue weighted by atomic mass is 10.1. The highest BCUT2D eigenvalue weighted by Gasteiger charge is 2.16. The Morgan fingerprint density at radius 2 is 2.09 bits per heavy atom. The molecule has 1 aromatic rings. The number of carbonyl (C=O) groups is 1. The van der Waals surface area contributed by atoms with Crippen LogP contribution >= 0.6 is 0 Å². The summed E-state index contributed by atoms with van der Waals surface area (Å²) in [5.74, 6) is -0.367. The fourth-order valence-corrected chi connectivity index (χ4v) is 2.33. The Kier molecular flexibility index (Phi) is 6.13. The van der Waals surface area contributed by atoms with Crippen molar-refractivity contribution in [2.24, 2.45) is 0 Å². The van der Waals surface area contributed by atoms with Crippen LogP contribution in [0.25, 0.3) is 0 Å². The maximum Gasteiger partial charge on any atom is 0.303 e. The monoisotopic (exact) mass is 300 g/mol. The molecule has 0 saturated carbocycles. The van der Waals surface area contributed by atoms with Gasteiger partial charge in [-0.3, -0.25) is 9.69 Å². The first-order valence-corrected chi connectivity index (χ1v) is 7.32. The van der Waals surface area contributed by atoms with Gasteiger partial charge in [0.1, 0.15) is 6.10 Å². The van der Waals surface area contributed by atoms with E-state index in [1.807, 2.05) is 30.3 Å². The predicted molar refractivity (Wildman–Crippen MR) is 81.9 cm³/mol. The van der Waals surface area contributed by atoms with Crippen LogP contribution in [0.3, 0.4) is 0 Å². The second-order valence-electron chi connectivity index (χ2n) is 5.13. The largest absolute Gasteiger partial charge is 0.453 e. The molecule has 0 N–H and O–H groups in total. The van der Waals surface area contributed by atoms with E-state index in [1.54, 1.807) is 6.08 Å². The molecule has 1 heterocycles. The van der Waals surface area contributed by atoms with Crippen molar-refractivity contribution in [3.8, 4) is 6.07 Å². The van der Waals surface area contributed by atoms with E-state index in [2.05, 4.69) is 11.0 Å². The van der Waals surface area contributed by atoms with E-state index in [-0.39, 0.29) is 5.97 Å². The third-order valence-corrected chi connectivity index (χ3v) is 3.41. The van der Waals surface area contributed by atoms with Gasteiger partial charge in [0.15, 0.2) is 0 Å². The van der Waals surface area contributed by atoms with Crippen molar-refractivity contribution in [3.05, 3.63) is 47.5 Å². The molecular formula is C17H20N2O3. The number of nitrogens with zero attached hydrogens (tertiary/aromatic N) is 2. The smallest absolute Gasteiger partial charge is 0.303 e. The van der Waals surface area contributed by atoms with Crippen LogP contribution in [0.15, 0.2) is 42.0 Å². The Bertz CT molecular complexity index is 557. The van der Waals surface area contributed by atoms with Gasteiger partial charge in [0.05, 0.1) is 19.3 Å². The molecule has 5 nitrogen and oxygen atoms in total. The van der Waals surface area contributed by atoms with Crippen molar-refractivity contribution in [1.82, 2.24) is 4.90 Å². The fraction of sp³-hybridized carbons (Fsp3) is 0.412. The Morgan fingerprint density at radius 3 is 2.68 bits per heavy atom. The van der Waals surface area contributed by atoms with Gasteiger partial charge in [0.25, 0.3) is 0 Å². The minimum absolute atomic E-state index is 0.367. The highest BCUT2D eigenvalue weighted by molar-refractivity contribution is 5.66. The maximum atomic E-state index is 11.3. The second kappa shape index (κ2) is 8.32. The molecule has 1 unspecified atom stereocenters. The van der Waals surface area contributed by atoms with E-state index < -0.39 is 6.10 Å². The highest BCUT2D eigenvalue weighted by atomic mass is 16.5. The van der Waals surface area contributed by atoms with Crippen LogP contribution in [0, 0.1) is 11.3 Å². The quantitative estimate of drug-likeness (QED) is 0.615. The number of hydrogen-bond donors (Lipinski definition) is 0. The molecule has 1 atom stereocenters. The molecule has 0 aromatic heterocycles. The Hall–Kier alpha value is -2.16. The first-order valence-electron chi connectivity index (χ1n) is 7.32. The SMILES string of the molecule is CC(=O)OC(/C=C(\C#N)CN1CCOCC1)c1ccccc1. The van der Waals surface area contributed by atoms with Crippen LogP contribution < -0.4 is 0 Å². The van der Waals surface area contributed by atoms with E-state index in [0.717, 1.165) is 18.7 Å². The molecule has 1 saturated heterocycles. The van der Waals surface area contributed by atoms with Gasteiger partial charge in [-0.2, -0.15) is 5.26 Å². The van der Waals surface area contributed by atoms with E-state index in [9.17, 15) is 10.1 Å². The number of rotatable bonds is 5. The molecule has 0 radical (unpaired) electrons. The topological polar surface area (TPSA) is 62.6 Å². The van der Waals surface area contributed by atoms with Crippen molar-refractivity contribution in [2.75, 3.05) is 32.8 Å². The first kappa shape index (κ1) is 16.2. The number of ether oxygens (including phenoxy) is 2. The van der Waals surface area contributed by atoms with E-state index in [1.165, 1.54) is 6.92 Å². The fourth-order valence-electron chi connectivity index (χ4n) is 2.33. The van der Waals surface area contributed by atoms with Crippen LogP contribution in [0.5, 0.6) is 0 Å². The number of benzene rings is 1. The normalized spacial score (nSPS) is 17.5. The number of morpholine rings is 1. The third kappa shape index (κ3) is 4.99. The number of hydrogen-bond acceptors (Lipinski definition) is 5. The zero-order valence-electron chi connectivity index (χ0n) is 12.7. The van der Waals surface area contributed by atoms with Gasteiger partial charge >= 0.3 is 5.97 Å². The third-order valence-electron chi connectivity index (χ3n) is 3.41. The van der Waals surface area contributed by atoms with Crippen LogP contribution in [0.4, 0.5) is 0 Å². The van der Waals surface area contributed by atoms with Crippen LogP contribution in [-0.4, -0.2) is 43.7 Å². The maximum absolute atomic E-state index is 11.3. The van der Waals surface area contributed by atoms with Gasteiger partial charge in [-0.15, -0.1) is 0 Å². The summed E-state index contributed by atoms with van der Waals surface area (Å²) >= 11 is 0. The number of esters is 1. The Labute approximate surface area is 130 Å². The van der Waals surface area contributed by atoms with Gasteiger partial charge in [-0.1, -0.05) is 30.3 Å². The standard InChI is InChI=1S/C17H20N2O3/c1-14(20)22-17(16-5-3-2-4-6-16)11-15(12-18)13-19-7-9-21-10-8-19/h2-6,11,17H,7-10,13H2,1H3/b15-11+. The molecule has 116 valence electrons. The lowest BCUT2D eigenvalue weighted by molar-refractivity contribution is -0.144. The summed E-state index contributed by atoms with van der Waals surface area (Å²) in [5, 5.41) is 9.37. The van der Waals surface area contributed by atoms with Gasteiger partial charge < -0.3 is 9.47 Å². The summed E-state index contributed by atoms with van der Waals surface area (Å²) in [6.07, 6.45) is 1.20. The van der Waals surface area contributed by atoms with Crippen molar-refractivity contribution in [2.45, 2.75) is 13.0 Å². The molecule has 2 rings (SSSR count). The molecule has 1 fully saturated rings. The second-order valence-corrected chi connectivity index (χ2v) is 5.13. The van der Waals surface area contributed by atoms with Gasteiger partial charge in [-0.05, 0) is 11.6 Å². The molecule has 0 bridgehead atoms. The number of carbonyl (C=O) groups excluding carboxylic acids is 1. The lowest BCUT2D eigenvalue weighted by Crippen LogP contribution is -2.37. The summed E-state index contributed by atoms with van der Waals surface area (Å²) in [4.78, 5) is 13.5. The molecule has 0 amide bonds.